The van der Waals surface area contributed by atoms with E-state index in [1.165, 1.54) is 27.7 Å². The van der Waals surface area contributed by atoms with Gasteiger partial charge in [-0.2, -0.15) is 0 Å². The van der Waals surface area contributed by atoms with Crippen LogP contribution in [0.3, 0.4) is 0 Å². The maximum Gasteiger partial charge on any atom is 0.334 e. The Labute approximate surface area is 210 Å². The first kappa shape index (κ1) is 33.1. The summed E-state index contributed by atoms with van der Waals surface area (Å²) in [5.74, 6) is -9.14. The number of ketones is 1. The monoisotopic (exact) mass is 516 g/mol. The van der Waals surface area contributed by atoms with Gasteiger partial charge in [0.25, 0.3) is 0 Å². The van der Waals surface area contributed by atoms with E-state index >= 15 is 0 Å². The van der Waals surface area contributed by atoms with Crippen molar-refractivity contribution in [2.75, 3.05) is 6.54 Å². The van der Waals surface area contributed by atoms with Gasteiger partial charge in [0.1, 0.15) is 0 Å². The van der Waals surface area contributed by atoms with Crippen molar-refractivity contribution in [1.29, 1.82) is 0 Å². The van der Waals surface area contributed by atoms with Gasteiger partial charge in [0.2, 0.25) is 17.7 Å². The standard InChI is InChI=1S/C22H40N6O8/c1-10(2)15(26)21(34)28(20(33)13(25)9-14(29)30)17(22(35)36)18(31)16(11(3)4)27-19(32)12(24)7-5-6-8-23/h10-13,15-17H,5-9,23-26H2,1-4H3,(H,27,32)(H,29,30)(H,35,36). The lowest BCUT2D eigenvalue weighted by Crippen LogP contribution is -2.65. The largest absolute Gasteiger partial charge is 0.481 e. The normalized spacial score (nSPS) is 15.5. The quantitative estimate of drug-likeness (QED) is 0.0847. The van der Waals surface area contributed by atoms with Crippen LogP contribution in [-0.4, -0.2) is 87.3 Å². The average Bonchev–Trinajstić information content (AvgIpc) is 2.77. The number of carbonyl (C=O) groups excluding carboxylic acids is 4. The van der Waals surface area contributed by atoms with E-state index in [-0.39, 0.29) is 11.3 Å². The van der Waals surface area contributed by atoms with E-state index in [0.29, 0.717) is 19.4 Å². The van der Waals surface area contributed by atoms with Crippen LogP contribution in [0.4, 0.5) is 0 Å². The number of Topliss-reactive ketones (excluding diaryl/α,β-unsaturated/α-hetero) is 1. The van der Waals surface area contributed by atoms with E-state index in [1.54, 1.807) is 0 Å². The predicted octanol–water partition coefficient (Wildman–Crippen LogP) is -2.25. The van der Waals surface area contributed by atoms with Gasteiger partial charge in [-0.1, -0.05) is 34.1 Å². The molecule has 0 saturated carbocycles. The molecule has 0 aromatic heterocycles. The van der Waals surface area contributed by atoms with Gasteiger partial charge in [0.05, 0.1) is 30.6 Å². The van der Waals surface area contributed by atoms with Crippen LogP contribution in [0, 0.1) is 11.8 Å². The van der Waals surface area contributed by atoms with Crippen molar-refractivity contribution in [1.82, 2.24) is 10.2 Å². The summed E-state index contributed by atoms with van der Waals surface area (Å²) in [6.45, 7) is 6.51. The Balaban J connectivity index is 6.33. The molecule has 0 heterocycles. The fourth-order valence-corrected chi connectivity index (χ4v) is 3.26. The molecule has 3 amide bonds. The van der Waals surface area contributed by atoms with Gasteiger partial charge in [-0.3, -0.25) is 28.9 Å². The number of nitrogens with two attached hydrogens (primary N) is 4. The molecule has 11 N–H and O–H groups in total. The summed E-state index contributed by atoms with van der Waals surface area (Å²) in [6.07, 6.45) is 0.512. The number of aliphatic carboxylic acids is 2. The Bertz CT molecular complexity index is 818. The highest BCUT2D eigenvalue weighted by Gasteiger charge is 2.46. The molecule has 0 bridgehead atoms. The molecule has 0 radical (unpaired) electrons. The van der Waals surface area contributed by atoms with Crippen LogP contribution in [0.5, 0.6) is 0 Å². The zero-order chi connectivity index (χ0) is 28.3. The van der Waals surface area contributed by atoms with E-state index < -0.39 is 83.9 Å². The van der Waals surface area contributed by atoms with Crippen molar-refractivity contribution in [3.8, 4) is 0 Å². The van der Waals surface area contributed by atoms with Gasteiger partial charge in [0.15, 0.2) is 11.8 Å². The third-order valence-corrected chi connectivity index (χ3v) is 5.53. The number of amides is 3. The molecule has 0 aromatic rings. The van der Waals surface area contributed by atoms with E-state index in [2.05, 4.69) is 5.32 Å². The Morgan fingerprint density at radius 1 is 0.833 bits per heavy atom. The van der Waals surface area contributed by atoms with Gasteiger partial charge in [-0.05, 0) is 31.2 Å². The van der Waals surface area contributed by atoms with Gasteiger partial charge in [-0.25, -0.2) is 4.79 Å². The molecule has 0 aliphatic rings. The third-order valence-electron chi connectivity index (χ3n) is 5.53. The highest BCUT2D eigenvalue weighted by atomic mass is 16.4. The van der Waals surface area contributed by atoms with E-state index in [1.807, 2.05) is 0 Å². The molecular formula is C22H40N6O8. The molecular weight excluding hydrogens is 476 g/mol. The Hall–Kier alpha value is -2.94. The maximum absolute atomic E-state index is 13.4. The first-order chi connectivity index (χ1) is 16.6. The lowest BCUT2D eigenvalue weighted by molar-refractivity contribution is -0.164. The number of unbranched alkanes of at least 4 members (excludes halogenated alkanes) is 1. The molecule has 0 rings (SSSR count). The molecule has 0 aliphatic carbocycles. The summed E-state index contributed by atoms with van der Waals surface area (Å²) in [5, 5.41) is 21.3. The Kier molecular flexibility index (Phi) is 14.0. The van der Waals surface area contributed by atoms with Gasteiger partial charge in [0, 0.05) is 0 Å². The molecule has 5 unspecified atom stereocenters. The second-order valence-electron chi connectivity index (χ2n) is 9.29. The number of hydrogen-bond donors (Lipinski definition) is 7. The molecule has 0 aromatic carbocycles. The van der Waals surface area contributed by atoms with Crippen LogP contribution in [0.1, 0.15) is 53.4 Å². The molecule has 36 heavy (non-hydrogen) atoms. The zero-order valence-electron chi connectivity index (χ0n) is 21.2. The lowest BCUT2D eigenvalue weighted by Gasteiger charge is -2.34. The summed E-state index contributed by atoms with van der Waals surface area (Å²) in [6, 6.07) is -8.11. The zero-order valence-corrected chi connectivity index (χ0v) is 21.2. The van der Waals surface area contributed by atoms with Gasteiger partial charge in [-0.15, -0.1) is 0 Å². The smallest absolute Gasteiger partial charge is 0.334 e. The lowest BCUT2D eigenvalue weighted by atomic mass is 9.92. The molecule has 0 fully saturated rings. The van der Waals surface area contributed by atoms with Crippen LogP contribution >= 0.6 is 0 Å². The van der Waals surface area contributed by atoms with Crippen LogP contribution in [0.25, 0.3) is 0 Å². The number of nitrogens with zero attached hydrogens (tertiary/aromatic N) is 1. The molecule has 0 aliphatic heterocycles. The average molecular weight is 517 g/mol. The topological polar surface area (TPSA) is 262 Å². The number of rotatable bonds is 16. The number of carboxylic acid groups (broad SMARTS) is 2. The van der Waals surface area contributed by atoms with Crippen molar-refractivity contribution in [3.05, 3.63) is 0 Å². The minimum atomic E-state index is -2.42. The molecule has 14 nitrogen and oxygen atoms in total. The van der Waals surface area contributed by atoms with Crippen molar-refractivity contribution in [2.24, 2.45) is 34.8 Å². The SMILES string of the molecule is CC(C)C(N)C(=O)N(C(=O)C(N)CC(=O)O)C(C(=O)O)C(=O)C(NC(=O)C(N)CCCCN)C(C)C. The van der Waals surface area contributed by atoms with E-state index in [4.69, 9.17) is 28.0 Å². The third kappa shape index (κ3) is 9.60. The molecule has 206 valence electrons. The fourth-order valence-electron chi connectivity index (χ4n) is 3.26. The van der Waals surface area contributed by atoms with Gasteiger partial charge >= 0.3 is 11.9 Å². The Morgan fingerprint density at radius 3 is 1.81 bits per heavy atom. The summed E-state index contributed by atoms with van der Waals surface area (Å²) in [7, 11) is 0. The summed E-state index contributed by atoms with van der Waals surface area (Å²) >= 11 is 0. The molecule has 5 atom stereocenters. The second-order valence-corrected chi connectivity index (χ2v) is 9.29. The van der Waals surface area contributed by atoms with Crippen molar-refractivity contribution in [2.45, 2.75) is 83.6 Å². The van der Waals surface area contributed by atoms with Crippen LogP contribution < -0.4 is 28.3 Å². The summed E-state index contributed by atoms with van der Waals surface area (Å²) in [4.78, 5) is 75.5. The molecule has 14 heteroatoms. The van der Waals surface area contributed by atoms with E-state index in [9.17, 15) is 33.9 Å². The summed E-state index contributed by atoms with van der Waals surface area (Å²) < 4.78 is 0. The fraction of sp³-hybridized carbons (Fsp3) is 0.727. The number of hydrogen-bond acceptors (Lipinski definition) is 10. The molecule has 0 spiro atoms. The minimum Gasteiger partial charge on any atom is -0.481 e. The first-order valence-electron chi connectivity index (χ1n) is 11.7. The van der Waals surface area contributed by atoms with E-state index in [0.717, 1.165) is 0 Å². The van der Waals surface area contributed by atoms with Crippen LogP contribution in [0.15, 0.2) is 0 Å². The van der Waals surface area contributed by atoms with Crippen molar-refractivity contribution < 1.29 is 39.0 Å². The Morgan fingerprint density at radius 2 is 1.39 bits per heavy atom. The number of carbonyl (C=O) groups is 6. The highest BCUT2D eigenvalue weighted by Crippen LogP contribution is 2.16. The summed E-state index contributed by atoms with van der Waals surface area (Å²) in [5.41, 5.74) is 22.8. The first-order valence-corrected chi connectivity index (χ1v) is 11.7. The van der Waals surface area contributed by atoms with Crippen LogP contribution in [0.2, 0.25) is 0 Å². The maximum atomic E-state index is 13.4. The molecule has 0 saturated heterocycles. The van der Waals surface area contributed by atoms with Gasteiger partial charge < -0.3 is 38.5 Å². The van der Waals surface area contributed by atoms with Crippen LogP contribution in [-0.2, 0) is 28.8 Å². The number of nitrogens with one attached hydrogen (secondary N) is 1. The minimum absolute atomic E-state index is 0.103. The number of imide groups is 1. The van der Waals surface area contributed by atoms with Crippen molar-refractivity contribution >= 4 is 35.4 Å². The predicted molar refractivity (Wildman–Crippen MR) is 129 cm³/mol. The second kappa shape index (κ2) is 15.2. The highest BCUT2D eigenvalue weighted by molar-refractivity contribution is 6.14. The number of carboxylic acids is 2. The van der Waals surface area contributed by atoms with Crippen molar-refractivity contribution in [3.63, 3.8) is 0 Å².